The Hall–Kier alpha value is -3.07. The van der Waals surface area contributed by atoms with Crippen LogP contribution < -0.4 is 5.73 Å². The molecule has 1 unspecified atom stereocenters. The van der Waals surface area contributed by atoms with Crippen LogP contribution in [0.2, 0.25) is 0 Å². The second-order valence-electron chi connectivity index (χ2n) is 4.23. The smallest absolute Gasteiger partial charge is 0.395 e. The van der Waals surface area contributed by atoms with Gasteiger partial charge in [-0.1, -0.05) is 12.1 Å². The standard InChI is InChI=1S/C13H9F3N4O2/c14-13(15,16)12(19)5-11(9(6-17)7-18)8-1-3-10(4-2-8)20(21)22/h1-5,9,11H,19H2/b12-5-. The van der Waals surface area contributed by atoms with Crippen molar-refractivity contribution in [1.29, 1.82) is 10.5 Å². The molecule has 0 aliphatic rings. The molecule has 0 bridgehead atoms. The van der Waals surface area contributed by atoms with Crippen LogP contribution in [0.15, 0.2) is 36.0 Å². The number of nitriles is 2. The molecule has 6 nitrogen and oxygen atoms in total. The molecule has 9 heteroatoms. The Morgan fingerprint density at radius 3 is 2.14 bits per heavy atom. The van der Waals surface area contributed by atoms with Crippen LogP contribution >= 0.6 is 0 Å². The molecule has 0 radical (unpaired) electrons. The fraction of sp³-hybridized carbons (Fsp3) is 0.231. The number of benzene rings is 1. The zero-order chi connectivity index (χ0) is 16.9. The third-order valence-corrected chi connectivity index (χ3v) is 2.81. The summed E-state index contributed by atoms with van der Waals surface area (Å²) in [6.07, 6.45) is -4.23. The molecule has 0 spiro atoms. The number of nitro groups is 1. The number of hydrogen-bond acceptors (Lipinski definition) is 5. The second-order valence-corrected chi connectivity index (χ2v) is 4.23. The zero-order valence-electron chi connectivity index (χ0n) is 10.9. The number of nitrogens with two attached hydrogens (primary N) is 1. The number of non-ortho nitro benzene ring substituents is 1. The molecule has 2 N–H and O–H groups in total. The number of rotatable bonds is 4. The molecule has 22 heavy (non-hydrogen) atoms. The van der Waals surface area contributed by atoms with E-state index in [9.17, 15) is 23.3 Å². The van der Waals surface area contributed by atoms with Crippen molar-refractivity contribution in [3.05, 3.63) is 51.7 Å². The summed E-state index contributed by atoms with van der Waals surface area (Å²) in [6, 6.07) is 7.68. The fourth-order valence-corrected chi connectivity index (χ4v) is 1.68. The van der Waals surface area contributed by atoms with E-state index in [1.54, 1.807) is 12.1 Å². The van der Waals surface area contributed by atoms with E-state index in [1.807, 2.05) is 0 Å². The number of hydrogen-bond donors (Lipinski definition) is 1. The van der Waals surface area contributed by atoms with Crippen LogP contribution in [-0.2, 0) is 0 Å². The van der Waals surface area contributed by atoms with Gasteiger partial charge in [0.25, 0.3) is 5.69 Å². The minimum absolute atomic E-state index is 0.144. The highest BCUT2D eigenvalue weighted by molar-refractivity contribution is 5.38. The summed E-state index contributed by atoms with van der Waals surface area (Å²) < 4.78 is 37.6. The molecule has 0 aromatic heterocycles. The van der Waals surface area contributed by atoms with Crippen molar-refractivity contribution in [2.45, 2.75) is 12.1 Å². The Kier molecular flexibility index (Phi) is 5.09. The number of nitro benzene ring substituents is 1. The van der Waals surface area contributed by atoms with Crippen molar-refractivity contribution in [3.8, 4) is 12.1 Å². The molecule has 0 aliphatic carbocycles. The molecule has 0 saturated carbocycles. The molecule has 0 fully saturated rings. The molecule has 114 valence electrons. The minimum Gasteiger partial charge on any atom is -0.395 e. The summed E-state index contributed by atoms with van der Waals surface area (Å²) in [5, 5.41) is 28.3. The van der Waals surface area contributed by atoms with Crippen molar-refractivity contribution in [2.75, 3.05) is 0 Å². The Bertz CT molecular complexity index is 655. The summed E-state index contributed by atoms with van der Waals surface area (Å²) in [4.78, 5) is 9.88. The lowest BCUT2D eigenvalue weighted by Crippen LogP contribution is -2.21. The van der Waals surface area contributed by atoms with E-state index in [1.165, 1.54) is 12.1 Å². The van der Waals surface area contributed by atoms with Gasteiger partial charge in [-0.2, -0.15) is 23.7 Å². The normalized spacial score (nSPS) is 13.3. The van der Waals surface area contributed by atoms with Crippen molar-refractivity contribution in [3.63, 3.8) is 0 Å². The van der Waals surface area contributed by atoms with Crippen LogP contribution in [0.1, 0.15) is 11.5 Å². The maximum Gasteiger partial charge on any atom is 0.430 e. The first-order chi connectivity index (χ1) is 10.2. The van der Waals surface area contributed by atoms with Crippen molar-refractivity contribution >= 4 is 5.69 Å². The quantitative estimate of drug-likeness (QED) is 0.677. The second kappa shape index (κ2) is 6.59. The molecule has 0 heterocycles. The summed E-state index contributed by atoms with van der Waals surface area (Å²) in [5.74, 6) is -2.67. The van der Waals surface area contributed by atoms with Gasteiger partial charge in [0.2, 0.25) is 0 Å². The van der Waals surface area contributed by atoms with E-state index >= 15 is 0 Å². The lowest BCUT2D eigenvalue weighted by atomic mass is 9.86. The molecule has 0 aliphatic heterocycles. The van der Waals surface area contributed by atoms with Gasteiger partial charge in [-0.3, -0.25) is 10.1 Å². The maximum absolute atomic E-state index is 12.5. The fourth-order valence-electron chi connectivity index (χ4n) is 1.68. The van der Waals surface area contributed by atoms with Gasteiger partial charge in [0.15, 0.2) is 0 Å². The first kappa shape index (κ1) is 17.0. The largest absolute Gasteiger partial charge is 0.430 e. The SMILES string of the molecule is N#CC(C#N)C(/C=C(\N)C(F)(F)F)c1ccc([N+](=O)[O-])cc1. The maximum atomic E-state index is 12.5. The third kappa shape index (κ3) is 3.96. The highest BCUT2D eigenvalue weighted by Crippen LogP contribution is 2.31. The molecule has 1 aromatic carbocycles. The van der Waals surface area contributed by atoms with Crippen LogP contribution in [0.3, 0.4) is 0 Å². The molecular formula is C13H9F3N4O2. The predicted molar refractivity (Wildman–Crippen MR) is 68.9 cm³/mol. The summed E-state index contributed by atoms with van der Waals surface area (Å²) in [5.41, 5.74) is 3.37. The van der Waals surface area contributed by atoms with Gasteiger partial charge >= 0.3 is 6.18 Å². The molecule has 1 atom stereocenters. The van der Waals surface area contributed by atoms with Gasteiger partial charge in [0, 0.05) is 18.1 Å². The summed E-state index contributed by atoms with van der Waals surface area (Å²) in [7, 11) is 0. The van der Waals surface area contributed by atoms with Gasteiger partial charge in [-0.05, 0) is 11.6 Å². The van der Waals surface area contributed by atoms with Crippen LogP contribution in [0.5, 0.6) is 0 Å². The first-order valence-corrected chi connectivity index (χ1v) is 5.78. The van der Waals surface area contributed by atoms with E-state index in [0.717, 1.165) is 12.1 Å². The van der Waals surface area contributed by atoms with Gasteiger partial charge < -0.3 is 5.73 Å². The lowest BCUT2D eigenvalue weighted by molar-refractivity contribution is -0.384. The molecule has 1 rings (SSSR count). The van der Waals surface area contributed by atoms with Gasteiger partial charge in [-0.25, -0.2) is 0 Å². The van der Waals surface area contributed by atoms with E-state index in [-0.39, 0.29) is 11.3 Å². The Morgan fingerprint density at radius 1 is 1.27 bits per heavy atom. The predicted octanol–water partition coefficient (Wildman–Crippen LogP) is 2.75. The Balaban J connectivity index is 3.31. The highest BCUT2D eigenvalue weighted by atomic mass is 19.4. The van der Waals surface area contributed by atoms with Crippen molar-refractivity contribution < 1.29 is 18.1 Å². The topological polar surface area (TPSA) is 117 Å². The van der Waals surface area contributed by atoms with Crippen LogP contribution in [0.4, 0.5) is 18.9 Å². The third-order valence-electron chi connectivity index (χ3n) is 2.81. The van der Waals surface area contributed by atoms with Gasteiger partial charge in [-0.15, -0.1) is 0 Å². The molecule has 0 saturated heterocycles. The van der Waals surface area contributed by atoms with Gasteiger partial charge in [0.1, 0.15) is 11.6 Å². The Morgan fingerprint density at radius 2 is 1.77 bits per heavy atom. The Labute approximate surface area is 123 Å². The monoisotopic (exact) mass is 310 g/mol. The average molecular weight is 310 g/mol. The van der Waals surface area contributed by atoms with Crippen LogP contribution in [-0.4, -0.2) is 11.1 Å². The van der Waals surface area contributed by atoms with E-state index in [4.69, 9.17) is 16.3 Å². The summed E-state index contributed by atoms with van der Waals surface area (Å²) in [6.45, 7) is 0. The van der Waals surface area contributed by atoms with Crippen LogP contribution in [0.25, 0.3) is 0 Å². The lowest BCUT2D eigenvalue weighted by Gasteiger charge is -2.16. The first-order valence-electron chi connectivity index (χ1n) is 5.78. The van der Waals surface area contributed by atoms with E-state index < -0.39 is 28.6 Å². The van der Waals surface area contributed by atoms with E-state index in [0.29, 0.717) is 6.08 Å². The molecular weight excluding hydrogens is 301 g/mol. The van der Waals surface area contributed by atoms with Gasteiger partial charge in [0.05, 0.1) is 17.1 Å². The van der Waals surface area contributed by atoms with Crippen molar-refractivity contribution in [2.24, 2.45) is 11.7 Å². The number of alkyl halides is 3. The van der Waals surface area contributed by atoms with E-state index in [2.05, 4.69) is 0 Å². The summed E-state index contributed by atoms with van der Waals surface area (Å²) >= 11 is 0. The van der Waals surface area contributed by atoms with Crippen LogP contribution in [0, 0.1) is 38.7 Å². The number of allylic oxidation sites excluding steroid dienone is 2. The minimum atomic E-state index is -4.80. The average Bonchev–Trinajstić information content (AvgIpc) is 2.46. The number of halogens is 3. The van der Waals surface area contributed by atoms with Crippen molar-refractivity contribution in [1.82, 2.24) is 0 Å². The zero-order valence-corrected chi connectivity index (χ0v) is 10.9. The number of nitrogens with zero attached hydrogens (tertiary/aromatic N) is 3. The molecule has 0 amide bonds. The molecule has 1 aromatic rings. The highest BCUT2D eigenvalue weighted by Gasteiger charge is 2.33.